The summed E-state index contributed by atoms with van der Waals surface area (Å²) in [6.07, 6.45) is -0.514. The van der Waals surface area contributed by atoms with E-state index in [0.717, 1.165) is 0 Å². The molecule has 0 fully saturated rings. The predicted molar refractivity (Wildman–Crippen MR) is 88.3 cm³/mol. The van der Waals surface area contributed by atoms with Gasteiger partial charge in [-0.25, -0.2) is 0 Å². The Balaban J connectivity index is 2.48. The zero-order chi connectivity index (χ0) is 19.2. The van der Waals surface area contributed by atoms with Crippen LogP contribution in [0.3, 0.4) is 0 Å². The van der Waals surface area contributed by atoms with E-state index in [1.54, 1.807) is 31.2 Å². The number of anilines is 1. The van der Waals surface area contributed by atoms with Crippen molar-refractivity contribution in [3.05, 3.63) is 29.8 Å². The van der Waals surface area contributed by atoms with Gasteiger partial charge < -0.3 is 14.8 Å². The second-order valence-electron chi connectivity index (χ2n) is 5.59. The molecule has 1 amide bonds. The van der Waals surface area contributed by atoms with Crippen molar-refractivity contribution in [2.75, 3.05) is 18.5 Å². The minimum atomic E-state index is -1.75. The summed E-state index contributed by atoms with van der Waals surface area (Å²) in [5, 5.41) is 20.7. The highest BCUT2D eigenvalue weighted by molar-refractivity contribution is 6.11. The molecule has 2 atom stereocenters. The minimum Gasteiger partial charge on any atom is -0.465 e. The molecule has 1 aromatic rings. The number of nitriles is 2. The average molecular weight is 355 g/mol. The van der Waals surface area contributed by atoms with Gasteiger partial charge in [-0.1, -0.05) is 18.2 Å². The average Bonchev–Trinajstić information content (AvgIpc) is 2.89. The van der Waals surface area contributed by atoms with E-state index >= 15 is 0 Å². The molecular weight excluding hydrogens is 338 g/mol. The molecule has 0 aliphatic carbocycles. The van der Waals surface area contributed by atoms with Gasteiger partial charge in [-0.3, -0.25) is 14.4 Å². The van der Waals surface area contributed by atoms with Crippen LogP contribution in [0.5, 0.6) is 0 Å². The van der Waals surface area contributed by atoms with Crippen LogP contribution in [-0.4, -0.2) is 31.1 Å². The number of rotatable bonds is 7. The maximum absolute atomic E-state index is 12.8. The van der Waals surface area contributed by atoms with E-state index in [9.17, 15) is 19.6 Å². The highest BCUT2D eigenvalue weighted by atomic mass is 16.5. The number of amides is 1. The summed E-state index contributed by atoms with van der Waals surface area (Å²) in [6.45, 7) is 1.48. The quantitative estimate of drug-likeness (QED) is 0.578. The van der Waals surface area contributed by atoms with Crippen LogP contribution in [0.4, 0.5) is 5.69 Å². The lowest BCUT2D eigenvalue weighted by Gasteiger charge is -2.29. The van der Waals surface area contributed by atoms with Gasteiger partial charge in [0.2, 0.25) is 5.91 Å². The van der Waals surface area contributed by atoms with Gasteiger partial charge in [-0.05, 0) is 18.6 Å². The molecule has 0 radical (unpaired) electrons. The number of nitrogens with one attached hydrogen (secondary N) is 1. The fourth-order valence-corrected chi connectivity index (χ4v) is 2.98. The zero-order valence-corrected chi connectivity index (χ0v) is 14.2. The third kappa shape index (κ3) is 3.35. The molecule has 1 heterocycles. The number of carbonyl (C=O) groups excluding carboxylic acids is 3. The number of hydrogen-bond acceptors (Lipinski definition) is 7. The summed E-state index contributed by atoms with van der Waals surface area (Å²) in [6, 6.07) is 10.2. The fourth-order valence-electron chi connectivity index (χ4n) is 2.98. The second-order valence-corrected chi connectivity index (χ2v) is 5.59. The SMILES string of the molecule is CCOC(=O)C(C#N)C1(CC(=O)OCCC#N)C(=O)Nc2ccccc21. The Labute approximate surface area is 150 Å². The molecular formula is C18H17N3O5. The standard InChI is InChI=1S/C18H17N3O5/c1-2-25-16(23)13(11-20)18(10-15(22)26-9-5-8-19)12-6-3-4-7-14(12)21-17(18)24/h3-4,6-7,13H,2,5,9-10H2,1H3,(H,21,24). The second kappa shape index (κ2) is 8.13. The van der Waals surface area contributed by atoms with Crippen LogP contribution in [0.15, 0.2) is 24.3 Å². The highest BCUT2D eigenvalue weighted by Gasteiger charge is 2.57. The summed E-state index contributed by atoms with van der Waals surface area (Å²) < 4.78 is 9.90. The monoisotopic (exact) mass is 355 g/mol. The third-order valence-electron chi connectivity index (χ3n) is 4.11. The van der Waals surface area contributed by atoms with Crippen LogP contribution < -0.4 is 5.32 Å². The van der Waals surface area contributed by atoms with Crippen LogP contribution in [0.1, 0.15) is 25.3 Å². The summed E-state index contributed by atoms with van der Waals surface area (Å²) in [5.74, 6) is -3.83. The lowest BCUT2D eigenvalue weighted by atomic mass is 9.69. The predicted octanol–water partition coefficient (Wildman–Crippen LogP) is 1.43. The molecule has 0 aromatic heterocycles. The Hall–Kier alpha value is -3.39. The third-order valence-corrected chi connectivity index (χ3v) is 4.11. The van der Waals surface area contributed by atoms with Gasteiger partial charge in [-0.15, -0.1) is 0 Å². The van der Waals surface area contributed by atoms with Crippen LogP contribution in [0.25, 0.3) is 0 Å². The largest absolute Gasteiger partial charge is 0.465 e. The molecule has 1 aliphatic heterocycles. The molecule has 134 valence electrons. The topological polar surface area (TPSA) is 129 Å². The van der Waals surface area contributed by atoms with Crippen molar-refractivity contribution in [2.24, 2.45) is 5.92 Å². The van der Waals surface area contributed by atoms with E-state index in [0.29, 0.717) is 11.3 Å². The number of para-hydroxylation sites is 1. The van der Waals surface area contributed by atoms with Gasteiger partial charge in [0, 0.05) is 5.69 Å². The van der Waals surface area contributed by atoms with Gasteiger partial charge in [0.15, 0.2) is 5.92 Å². The molecule has 2 unspecified atom stereocenters. The lowest BCUT2D eigenvalue weighted by molar-refractivity contribution is -0.154. The van der Waals surface area contributed by atoms with Crippen LogP contribution in [0.2, 0.25) is 0 Å². The van der Waals surface area contributed by atoms with E-state index in [2.05, 4.69) is 5.32 Å². The first-order chi connectivity index (χ1) is 12.5. The summed E-state index contributed by atoms with van der Waals surface area (Å²) >= 11 is 0. The maximum Gasteiger partial charge on any atom is 0.324 e. The van der Waals surface area contributed by atoms with Crippen molar-refractivity contribution in [3.63, 3.8) is 0 Å². The molecule has 1 N–H and O–H groups in total. The normalized spacial score (nSPS) is 18.7. The van der Waals surface area contributed by atoms with E-state index < -0.39 is 35.6 Å². The van der Waals surface area contributed by atoms with Crippen molar-refractivity contribution in [3.8, 4) is 12.1 Å². The van der Waals surface area contributed by atoms with Gasteiger partial charge >= 0.3 is 11.9 Å². The Morgan fingerprint density at radius 3 is 2.65 bits per heavy atom. The number of fused-ring (bicyclic) bond motifs is 1. The Kier molecular flexibility index (Phi) is 5.92. The number of carbonyl (C=O) groups is 3. The summed E-state index contributed by atoms with van der Waals surface area (Å²) in [7, 11) is 0. The van der Waals surface area contributed by atoms with Gasteiger partial charge in [0.05, 0.1) is 31.6 Å². The first kappa shape index (κ1) is 18.9. The van der Waals surface area contributed by atoms with E-state index in [1.807, 2.05) is 12.1 Å². The van der Waals surface area contributed by atoms with Crippen molar-refractivity contribution >= 4 is 23.5 Å². The summed E-state index contributed by atoms with van der Waals surface area (Å²) in [4.78, 5) is 37.4. The molecule has 0 spiro atoms. The number of benzene rings is 1. The maximum atomic E-state index is 12.8. The number of ether oxygens (including phenoxy) is 2. The van der Waals surface area contributed by atoms with E-state index in [-0.39, 0.29) is 19.6 Å². The number of nitrogens with zero attached hydrogens (tertiary/aromatic N) is 2. The first-order valence-electron chi connectivity index (χ1n) is 8.01. The molecule has 1 aromatic carbocycles. The molecule has 0 bridgehead atoms. The van der Waals surface area contributed by atoms with Crippen LogP contribution >= 0.6 is 0 Å². The molecule has 0 saturated heterocycles. The molecule has 0 saturated carbocycles. The minimum absolute atomic E-state index is 0.00107. The van der Waals surface area contributed by atoms with Gasteiger partial charge in [-0.2, -0.15) is 10.5 Å². The van der Waals surface area contributed by atoms with Crippen LogP contribution in [0, 0.1) is 28.6 Å². The zero-order valence-electron chi connectivity index (χ0n) is 14.2. The van der Waals surface area contributed by atoms with Crippen molar-refractivity contribution in [1.82, 2.24) is 0 Å². The smallest absolute Gasteiger partial charge is 0.324 e. The number of hydrogen-bond donors (Lipinski definition) is 1. The van der Waals surface area contributed by atoms with E-state index in [1.165, 1.54) is 0 Å². The van der Waals surface area contributed by atoms with Crippen molar-refractivity contribution in [2.45, 2.75) is 25.2 Å². The number of esters is 2. The molecule has 8 nitrogen and oxygen atoms in total. The van der Waals surface area contributed by atoms with E-state index in [4.69, 9.17) is 14.7 Å². The lowest BCUT2D eigenvalue weighted by Crippen LogP contribution is -2.47. The molecule has 8 heteroatoms. The molecule has 2 rings (SSSR count). The van der Waals surface area contributed by atoms with Crippen molar-refractivity contribution in [1.29, 1.82) is 10.5 Å². The Bertz CT molecular complexity index is 808. The van der Waals surface area contributed by atoms with Crippen molar-refractivity contribution < 1.29 is 23.9 Å². The molecule has 26 heavy (non-hydrogen) atoms. The Morgan fingerprint density at radius 2 is 2.00 bits per heavy atom. The van der Waals surface area contributed by atoms with Gasteiger partial charge in [0.25, 0.3) is 0 Å². The summed E-state index contributed by atoms with van der Waals surface area (Å²) in [5.41, 5.74) is -0.963. The fraction of sp³-hybridized carbons (Fsp3) is 0.389. The highest BCUT2D eigenvalue weighted by Crippen LogP contribution is 2.46. The Morgan fingerprint density at radius 1 is 1.27 bits per heavy atom. The first-order valence-corrected chi connectivity index (χ1v) is 8.01. The molecule has 1 aliphatic rings. The van der Waals surface area contributed by atoms with Crippen LogP contribution in [-0.2, 0) is 29.3 Å². The van der Waals surface area contributed by atoms with Gasteiger partial charge in [0.1, 0.15) is 12.0 Å².